The van der Waals surface area contributed by atoms with Gasteiger partial charge in [0.1, 0.15) is 11.3 Å². The molecule has 7 nitrogen and oxygen atoms in total. The van der Waals surface area contributed by atoms with Crippen LogP contribution in [0.15, 0.2) is 18.5 Å². The molecule has 2 rings (SSSR count). The number of rotatable bonds is 3. The van der Waals surface area contributed by atoms with Crippen LogP contribution in [0.1, 0.15) is 36.7 Å². The lowest BCUT2D eigenvalue weighted by Gasteiger charge is -2.20. The summed E-state index contributed by atoms with van der Waals surface area (Å²) in [5.74, 6) is 0. The average molecular weight is 316 g/mol. The summed E-state index contributed by atoms with van der Waals surface area (Å²) in [6.07, 6.45) is 3.27. The number of aromatic nitrogens is 3. The molecular formula is C16H20N4O3. The smallest absolute Gasteiger partial charge is 0.412 e. The van der Waals surface area contributed by atoms with Crippen molar-refractivity contribution < 1.29 is 14.3 Å². The fourth-order valence-corrected chi connectivity index (χ4v) is 2.19. The summed E-state index contributed by atoms with van der Waals surface area (Å²) in [5.41, 5.74) is 2.08. The second-order valence-corrected chi connectivity index (χ2v) is 6.17. The first-order valence-electron chi connectivity index (χ1n) is 7.16. The Bertz CT molecular complexity index is 725. The van der Waals surface area contributed by atoms with Gasteiger partial charge in [0.05, 0.1) is 23.1 Å². The molecule has 0 spiro atoms. The lowest BCUT2D eigenvalue weighted by Crippen LogP contribution is -2.27. The van der Waals surface area contributed by atoms with E-state index in [4.69, 9.17) is 4.74 Å². The maximum absolute atomic E-state index is 11.9. The van der Waals surface area contributed by atoms with E-state index < -0.39 is 11.7 Å². The van der Waals surface area contributed by atoms with Gasteiger partial charge in [-0.3, -0.25) is 19.8 Å². The minimum atomic E-state index is -0.625. The Morgan fingerprint density at radius 2 is 2.09 bits per heavy atom. The van der Waals surface area contributed by atoms with Crippen molar-refractivity contribution in [3.63, 3.8) is 0 Å². The minimum Gasteiger partial charge on any atom is -0.444 e. The molecule has 0 aliphatic carbocycles. The number of anilines is 1. The lowest BCUT2D eigenvalue weighted by molar-refractivity contribution is 0.0636. The number of hydrogen-bond acceptors (Lipinski definition) is 5. The Labute approximate surface area is 134 Å². The topological polar surface area (TPSA) is 86.1 Å². The van der Waals surface area contributed by atoms with Gasteiger partial charge in [0.15, 0.2) is 6.29 Å². The van der Waals surface area contributed by atoms with Gasteiger partial charge in [-0.15, -0.1) is 0 Å². The van der Waals surface area contributed by atoms with E-state index in [0.717, 1.165) is 11.3 Å². The molecule has 0 aliphatic heterocycles. The predicted molar refractivity (Wildman–Crippen MR) is 86.4 cm³/mol. The molecule has 1 amide bonds. The lowest BCUT2D eigenvalue weighted by atomic mass is 10.1. The molecule has 122 valence electrons. The van der Waals surface area contributed by atoms with Crippen molar-refractivity contribution in [3.8, 4) is 11.4 Å². The SMILES string of the molecule is Cc1cnn(C)c1-c1nccc(NC(=O)OC(C)(C)C)c1C=O. The zero-order valence-corrected chi connectivity index (χ0v) is 13.9. The molecular weight excluding hydrogens is 296 g/mol. The highest BCUT2D eigenvalue weighted by Gasteiger charge is 2.20. The van der Waals surface area contributed by atoms with Crippen LogP contribution in [-0.4, -0.2) is 32.7 Å². The van der Waals surface area contributed by atoms with Gasteiger partial charge in [-0.25, -0.2) is 4.79 Å². The zero-order valence-electron chi connectivity index (χ0n) is 13.9. The van der Waals surface area contributed by atoms with Gasteiger partial charge in [-0.05, 0) is 39.3 Å². The first-order valence-corrected chi connectivity index (χ1v) is 7.16. The number of carbonyl (C=O) groups is 2. The number of nitrogens with one attached hydrogen (secondary N) is 1. The first kappa shape index (κ1) is 16.7. The van der Waals surface area contributed by atoms with Gasteiger partial charge in [-0.2, -0.15) is 5.10 Å². The number of aldehydes is 1. The molecule has 2 aromatic rings. The van der Waals surface area contributed by atoms with Crippen LogP contribution in [-0.2, 0) is 11.8 Å². The number of nitrogens with zero attached hydrogens (tertiary/aromatic N) is 3. The summed E-state index contributed by atoms with van der Waals surface area (Å²) >= 11 is 0. The average Bonchev–Trinajstić information content (AvgIpc) is 2.75. The molecule has 0 aromatic carbocycles. The third-order valence-corrected chi connectivity index (χ3v) is 3.09. The number of ether oxygens (including phenoxy) is 1. The van der Waals surface area contributed by atoms with Crippen LogP contribution >= 0.6 is 0 Å². The van der Waals surface area contributed by atoms with E-state index in [0.29, 0.717) is 17.7 Å². The zero-order chi connectivity index (χ0) is 17.2. The monoisotopic (exact) mass is 316 g/mol. The van der Waals surface area contributed by atoms with Crippen molar-refractivity contribution in [1.82, 2.24) is 14.8 Å². The maximum Gasteiger partial charge on any atom is 0.412 e. The first-order chi connectivity index (χ1) is 10.7. The summed E-state index contributed by atoms with van der Waals surface area (Å²) in [4.78, 5) is 27.8. The maximum atomic E-state index is 11.9. The predicted octanol–water partition coefficient (Wildman–Crippen LogP) is 2.95. The van der Waals surface area contributed by atoms with Crippen molar-refractivity contribution in [3.05, 3.63) is 29.6 Å². The summed E-state index contributed by atoms with van der Waals surface area (Å²) < 4.78 is 6.86. The Balaban J connectivity index is 2.42. The Hall–Kier alpha value is -2.70. The van der Waals surface area contributed by atoms with Crippen molar-refractivity contribution in [2.75, 3.05) is 5.32 Å². The highest BCUT2D eigenvalue weighted by Crippen LogP contribution is 2.28. The molecule has 0 unspecified atom stereocenters. The van der Waals surface area contributed by atoms with Crippen LogP contribution in [0.2, 0.25) is 0 Å². The Morgan fingerprint density at radius 3 is 2.61 bits per heavy atom. The molecule has 0 radical (unpaired) electrons. The van der Waals surface area contributed by atoms with E-state index in [1.54, 1.807) is 44.8 Å². The highest BCUT2D eigenvalue weighted by molar-refractivity contribution is 5.97. The molecule has 0 aliphatic rings. The minimum absolute atomic E-state index is 0.282. The standard InChI is InChI=1S/C16H20N4O3/c1-10-8-18-20(5)14(10)13-11(9-21)12(6-7-17-13)19-15(22)23-16(2,3)4/h6-9H,1-5H3,(H,17,19,22). The molecule has 0 atom stereocenters. The number of pyridine rings is 1. The fourth-order valence-electron chi connectivity index (χ4n) is 2.19. The third kappa shape index (κ3) is 3.74. The number of amides is 1. The number of hydrogen-bond donors (Lipinski definition) is 1. The van der Waals surface area contributed by atoms with Crippen molar-refractivity contribution in [1.29, 1.82) is 0 Å². The third-order valence-electron chi connectivity index (χ3n) is 3.09. The van der Waals surface area contributed by atoms with E-state index in [1.165, 1.54) is 6.20 Å². The van der Waals surface area contributed by atoms with Crippen LogP contribution < -0.4 is 5.32 Å². The molecule has 1 N–H and O–H groups in total. The Morgan fingerprint density at radius 1 is 1.39 bits per heavy atom. The number of carbonyl (C=O) groups excluding carboxylic acids is 2. The molecule has 23 heavy (non-hydrogen) atoms. The van der Waals surface area contributed by atoms with E-state index in [1.807, 2.05) is 6.92 Å². The van der Waals surface area contributed by atoms with E-state index in [-0.39, 0.29) is 5.56 Å². The summed E-state index contributed by atoms with van der Waals surface area (Å²) in [6, 6.07) is 1.56. The summed E-state index contributed by atoms with van der Waals surface area (Å²) in [7, 11) is 1.77. The van der Waals surface area contributed by atoms with Crippen LogP contribution in [0.25, 0.3) is 11.4 Å². The molecule has 2 heterocycles. The second-order valence-electron chi connectivity index (χ2n) is 6.17. The van der Waals surface area contributed by atoms with Crippen LogP contribution in [0.4, 0.5) is 10.5 Å². The van der Waals surface area contributed by atoms with Gasteiger partial charge >= 0.3 is 6.09 Å². The van der Waals surface area contributed by atoms with Gasteiger partial charge in [0, 0.05) is 13.2 Å². The second kappa shape index (κ2) is 6.20. The molecule has 2 aromatic heterocycles. The van der Waals surface area contributed by atoms with Crippen LogP contribution in [0.3, 0.4) is 0 Å². The summed E-state index contributed by atoms with van der Waals surface area (Å²) in [6.45, 7) is 7.19. The molecule has 0 bridgehead atoms. The van der Waals surface area contributed by atoms with Crippen molar-refractivity contribution in [2.45, 2.75) is 33.3 Å². The highest BCUT2D eigenvalue weighted by atomic mass is 16.6. The normalized spacial score (nSPS) is 11.2. The molecule has 7 heteroatoms. The van der Waals surface area contributed by atoms with Crippen LogP contribution in [0.5, 0.6) is 0 Å². The molecule has 0 saturated heterocycles. The van der Waals surface area contributed by atoms with Gasteiger partial charge in [0.2, 0.25) is 0 Å². The van der Waals surface area contributed by atoms with E-state index in [9.17, 15) is 9.59 Å². The van der Waals surface area contributed by atoms with Gasteiger partial charge in [0.25, 0.3) is 0 Å². The van der Waals surface area contributed by atoms with Gasteiger partial charge in [-0.1, -0.05) is 0 Å². The Kier molecular flexibility index (Phi) is 4.49. The summed E-state index contributed by atoms with van der Waals surface area (Å²) in [5, 5.41) is 6.75. The molecule has 0 fully saturated rings. The van der Waals surface area contributed by atoms with E-state index in [2.05, 4.69) is 15.4 Å². The molecule has 0 saturated carbocycles. The van der Waals surface area contributed by atoms with Crippen LogP contribution in [0, 0.1) is 6.92 Å². The quantitative estimate of drug-likeness (QED) is 0.880. The van der Waals surface area contributed by atoms with Crippen molar-refractivity contribution >= 4 is 18.1 Å². The number of aryl methyl sites for hydroxylation is 2. The van der Waals surface area contributed by atoms with Gasteiger partial charge < -0.3 is 4.74 Å². The fraction of sp³-hybridized carbons (Fsp3) is 0.375. The van der Waals surface area contributed by atoms with E-state index >= 15 is 0 Å². The largest absolute Gasteiger partial charge is 0.444 e. The van der Waals surface area contributed by atoms with Crippen molar-refractivity contribution in [2.24, 2.45) is 7.05 Å².